The van der Waals surface area contributed by atoms with Crippen molar-refractivity contribution in [1.82, 2.24) is 20.2 Å². The second-order valence-corrected chi connectivity index (χ2v) is 7.01. The first-order valence-corrected chi connectivity index (χ1v) is 9.12. The molecule has 0 aliphatic rings. The lowest BCUT2D eigenvalue weighted by atomic mass is 10.2. The average Bonchev–Trinajstić information content (AvgIpc) is 3.04. The van der Waals surface area contributed by atoms with Gasteiger partial charge in [0, 0.05) is 27.8 Å². The molecule has 2 aromatic carbocycles. The zero-order chi connectivity index (χ0) is 18.5. The van der Waals surface area contributed by atoms with E-state index >= 15 is 0 Å². The molecule has 3 rings (SSSR count). The summed E-state index contributed by atoms with van der Waals surface area (Å²) in [6.45, 7) is 1.67. The molecule has 1 aromatic heterocycles. The average molecular weight is 392 g/mol. The van der Waals surface area contributed by atoms with E-state index in [1.165, 1.54) is 22.9 Å². The van der Waals surface area contributed by atoms with Crippen molar-refractivity contribution < 1.29 is 9.18 Å². The van der Waals surface area contributed by atoms with Gasteiger partial charge in [0.05, 0.1) is 0 Å². The summed E-state index contributed by atoms with van der Waals surface area (Å²) in [7, 11) is 0. The fraction of sp³-hybridized carbons (Fsp3) is 0.176. The van der Waals surface area contributed by atoms with E-state index in [2.05, 4.69) is 20.8 Å². The number of anilines is 1. The van der Waals surface area contributed by atoms with Crippen molar-refractivity contribution in [2.24, 2.45) is 0 Å². The normalized spacial score (nSPS) is 10.7. The van der Waals surface area contributed by atoms with Gasteiger partial charge in [-0.25, -0.2) is 4.39 Å². The summed E-state index contributed by atoms with van der Waals surface area (Å²) in [4.78, 5) is 13.2. The van der Waals surface area contributed by atoms with Gasteiger partial charge >= 0.3 is 0 Å². The van der Waals surface area contributed by atoms with Gasteiger partial charge in [0.2, 0.25) is 5.91 Å². The molecule has 1 amide bonds. The van der Waals surface area contributed by atoms with E-state index in [0.29, 0.717) is 28.7 Å². The number of hydrogen-bond donors (Lipinski definition) is 1. The number of hydrogen-bond acceptors (Lipinski definition) is 5. The first-order valence-electron chi connectivity index (χ1n) is 7.76. The number of tetrazole rings is 1. The molecular formula is C17H15ClFN5OS. The smallest absolute Gasteiger partial charge is 0.225 e. The second-order valence-electron chi connectivity index (χ2n) is 5.40. The predicted octanol–water partition coefficient (Wildman–Crippen LogP) is 3.88. The van der Waals surface area contributed by atoms with E-state index in [1.54, 1.807) is 18.7 Å². The lowest BCUT2D eigenvalue weighted by Crippen LogP contribution is -2.13. The van der Waals surface area contributed by atoms with Gasteiger partial charge in [-0.05, 0) is 59.8 Å². The van der Waals surface area contributed by atoms with Crippen LogP contribution in [0.4, 0.5) is 10.1 Å². The first kappa shape index (κ1) is 18.3. The highest BCUT2D eigenvalue weighted by Gasteiger charge is 2.12. The van der Waals surface area contributed by atoms with Crippen LogP contribution in [-0.4, -0.2) is 31.9 Å². The summed E-state index contributed by atoms with van der Waals surface area (Å²) >= 11 is 7.41. The third-order valence-corrected chi connectivity index (χ3v) is 4.76. The fourth-order valence-corrected chi connectivity index (χ4v) is 3.20. The van der Waals surface area contributed by atoms with Crippen LogP contribution >= 0.6 is 23.4 Å². The van der Waals surface area contributed by atoms with Crippen LogP contribution in [0.15, 0.2) is 47.4 Å². The van der Waals surface area contributed by atoms with E-state index in [1.807, 2.05) is 24.3 Å². The Hall–Kier alpha value is -2.45. The lowest BCUT2D eigenvalue weighted by Gasteiger charge is -2.09. The Morgan fingerprint density at radius 2 is 2.04 bits per heavy atom. The quantitative estimate of drug-likeness (QED) is 0.645. The van der Waals surface area contributed by atoms with E-state index < -0.39 is 5.82 Å². The van der Waals surface area contributed by atoms with Crippen molar-refractivity contribution in [3.8, 4) is 5.69 Å². The number of carbonyl (C=O) groups is 1. The van der Waals surface area contributed by atoms with Crippen molar-refractivity contribution >= 4 is 35.0 Å². The maximum Gasteiger partial charge on any atom is 0.225 e. The summed E-state index contributed by atoms with van der Waals surface area (Å²) in [6, 6.07) is 11.7. The monoisotopic (exact) mass is 391 g/mol. The van der Waals surface area contributed by atoms with E-state index in [0.717, 1.165) is 4.90 Å². The van der Waals surface area contributed by atoms with Gasteiger partial charge in [-0.15, -0.1) is 16.9 Å². The largest absolute Gasteiger partial charge is 0.326 e. The van der Waals surface area contributed by atoms with Crippen molar-refractivity contribution in [2.75, 3.05) is 11.1 Å². The maximum atomic E-state index is 14.0. The number of nitrogens with zero attached hydrogens (tertiary/aromatic N) is 4. The van der Waals surface area contributed by atoms with Crippen LogP contribution in [0.3, 0.4) is 0 Å². The fourth-order valence-electron chi connectivity index (χ4n) is 2.22. The van der Waals surface area contributed by atoms with Crippen LogP contribution in [0.1, 0.15) is 12.2 Å². The topological polar surface area (TPSA) is 72.7 Å². The molecule has 134 valence electrons. The van der Waals surface area contributed by atoms with Gasteiger partial charge in [0.25, 0.3) is 0 Å². The Labute approximate surface area is 158 Å². The molecule has 9 heteroatoms. The summed E-state index contributed by atoms with van der Waals surface area (Å²) in [5, 5.41) is 14.4. The molecule has 6 nitrogen and oxygen atoms in total. The molecule has 1 N–H and O–H groups in total. The number of aryl methyl sites for hydroxylation is 1. The van der Waals surface area contributed by atoms with Gasteiger partial charge in [0.1, 0.15) is 11.5 Å². The SMILES string of the molecule is Cc1nnnn1-c1cc(NC(=O)CCSc2ccc(Cl)cc2)ccc1F. The van der Waals surface area contributed by atoms with Crippen molar-refractivity contribution in [3.05, 3.63) is 59.1 Å². The number of thioether (sulfide) groups is 1. The number of amides is 1. The van der Waals surface area contributed by atoms with Gasteiger partial charge in [-0.2, -0.15) is 4.68 Å². The molecule has 0 fully saturated rings. The van der Waals surface area contributed by atoms with Crippen LogP contribution in [-0.2, 0) is 4.79 Å². The Kier molecular flexibility index (Phi) is 5.85. The Morgan fingerprint density at radius 3 is 2.73 bits per heavy atom. The van der Waals surface area contributed by atoms with Gasteiger partial charge in [-0.1, -0.05) is 11.6 Å². The van der Waals surface area contributed by atoms with Crippen LogP contribution < -0.4 is 5.32 Å². The van der Waals surface area contributed by atoms with E-state index in [9.17, 15) is 9.18 Å². The van der Waals surface area contributed by atoms with Crippen molar-refractivity contribution in [1.29, 1.82) is 0 Å². The number of rotatable bonds is 6. The maximum absolute atomic E-state index is 14.0. The summed E-state index contributed by atoms with van der Waals surface area (Å²) in [5.41, 5.74) is 0.665. The minimum atomic E-state index is -0.475. The number of nitrogens with one attached hydrogen (secondary N) is 1. The summed E-state index contributed by atoms with van der Waals surface area (Å²) in [6.07, 6.45) is 0.323. The van der Waals surface area contributed by atoms with Gasteiger partial charge in [0.15, 0.2) is 5.82 Å². The molecule has 0 unspecified atom stereocenters. The molecule has 0 aliphatic carbocycles. The molecule has 26 heavy (non-hydrogen) atoms. The standard InChI is InChI=1S/C17H15ClFN5OS/c1-11-21-22-23-24(11)16-10-13(4-7-15(16)19)20-17(25)8-9-26-14-5-2-12(18)3-6-14/h2-7,10H,8-9H2,1H3,(H,20,25). The molecule has 0 bridgehead atoms. The Balaban J connectivity index is 1.59. The molecule has 3 aromatic rings. The molecule has 1 heterocycles. The van der Waals surface area contributed by atoms with Crippen LogP contribution in [0, 0.1) is 12.7 Å². The highest BCUT2D eigenvalue weighted by atomic mass is 35.5. The Morgan fingerprint density at radius 1 is 1.27 bits per heavy atom. The highest BCUT2D eigenvalue weighted by Crippen LogP contribution is 2.22. The van der Waals surface area contributed by atoms with Gasteiger partial charge < -0.3 is 5.32 Å². The second kappa shape index (κ2) is 8.29. The third-order valence-electron chi connectivity index (χ3n) is 3.49. The minimum absolute atomic E-state index is 0.155. The predicted molar refractivity (Wildman–Crippen MR) is 99.3 cm³/mol. The minimum Gasteiger partial charge on any atom is -0.326 e. The van der Waals surface area contributed by atoms with Crippen molar-refractivity contribution in [3.63, 3.8) is 0 Å². The van der Waals surface area contributed by atoms with Gasteiger partial charge in [-0.3, -0.25) is 4.79 Å². The summed E-state index contributed by atoms with van der Waals surface area (Å²) < 4.78 is 15.3. The third kappa shape index (κ3) is 4.59. The molecule has 0 aliphatic heterocycles. The van der Waals surface area contributed by atoms with E-state index in [-0.39, 0.29) is 11.6 Å². The first-order chi connectivity index (χ1) is 12.5. The lowest BCUT2D eigenvalue weighted by molar-refractivity contribution is -0.115. The molecule has 0 spiro atoms. The number of carbonyl (C=O) groups excluding carboxylic acids is 1. The molecular weight excluding hydrogens is 377 g/mol. The summed E-state index contributed by atoms with van der Waals surface area (Å²) in [5.74, 6) is 0.439. The van der Waals surface area contributed by atoms with Crippen LogP contribution in [0.5, 0.6) is 0 Å². The molecule has 0 saturated heterocycles. The Bertz CT molecular complexity index is 916. The van der Waals surface area contributed by atoms with Crippen LogP contribution in [0.25, 0.3) is 5.69 Å². The molecule has 0 atom stereocenters. The zero-order valence-electron chi connectivity index (χ0n) is 13.8. The highest BCUT2D eigenvalue weighted by molar-refractivity contribution is 7.99. The molecule has 0 saturated carbocycles. The van der Waals surface area contributed by atoms with Crippen LogP contribution in [0.2, 0.25) is 5.02 Å². The zero-order valence-corrected chi connectivity index (χ0v) is 15.4. The number of benzene rings is 2. The molecule has 0 radical (unpaired) electrons. The van der Waals surface area contributed by atoms with E-state index in [4.69, 9.17) is 11.6 Å². The number of halogens is 2. The number of aromatic nitrogens is 4. The van der Waals surface area contributed by atoms with Crippen molar-refractivity contribution in [2.45, 2.75) is 18.2 Å².